The summed E-state index contributed by atoms with van der Waals surface area (Å²) in [5.74, 6) is 0.570. The lowest BCUT2D eigenvalue weighted by molar-refractivity contribution is 0.554. The minimum atomic E-state index is 0.163. The number of hydrogen-bond acceptors (Lipinski definition) is 4. The average molecular weight is 161 g/mol. The minimum absolute atomic E-state index is 0.163. The van der Waals surface area contributed by atoms with Gasteiger partial charge < -0.3 is 4.98 Å². The normalized spacial score (nSPS) is 10.3. The number of nitrogens with zero attached hydrogens (tertiary/aromatic N) is 3. The Kier molecular flexibility index (Phi) is 1.55. The second-order valence-electron chi connectivity index (χ2n) is 2.26. The zero-order valence-electron chi connectivity index (χ0n) is 6.11. The Hall–Kier alpha value is -1.78. The quantitative estimate of drug-likeness (QED) is 0.673. The Morgan fingerprint density at radius 2 is 2.50 bits per heavy atom. The van der Waals surface area contributed by atoms with Gasteiger partial charge in [0, 0.05) is 0 Å². The van der Waals surface area contributed by atoms with Crippen molar-refractivity contribution in [2.45, 2.75) is 6.42 Å². The Labute approximate surface area is 67.9 Å². The first-order valence-corrected chi connectivity index (χ1v) is 3.40. The van der Waals surface area contributed by atoms with Crippen molar-refractivity contribution in [3.05, 3.63) is 18.3 Å². The molecule has 0 spiro atoms. The highest BCUT2D eigenvalue weighted by Crippen LogP contribution is 2.04. The fourth-order valence-corrected chi connectivity index (χ4v) is 0.964. The second-order valence-corrected chi connectivity index (χ2v) is 2.26. The van der Waals surface area contributed by atoms with E-state index in [0.29, 0.717) is 11.5 Å². The first-order chi connectivity index (χ1) is 5.90. The van der Waals surface area contributed by atoms with Crippen LogP contribution in [0.2, 0.25) is 0 Å². The number of rotatable bonds is 2. The van der Waals surface area contributed by atoms with E-state index in [1.54, 1.807) is 12.5 Å². The van der Waals surface area contributed by atoms with Crippen molar-refractivity contribution in [1.29, 1.82) is 0 Å². The smallest absolute Gasteiger partial charge is 0.206 e. The molecule has 2 aromatic heterocycles. The number of nitrogens with one attached hydrogen (secondary N) is 1. The molecule has 0 atom stereocenters. The molecule has 12 heavy (non-hydrogen) atoms. The largest absolute Gasteiger partial charge is 0.339 e. The van der Waals surface area contributed by atoms with E-state index in [0.717, 1.165) is 5.52 Å². The van der Waals surface area contributed by atoms with E-state index in [4.69, 9.17) is 0 Å². The van der Waals surface area contributed by atoms with Gasteiger partial charge in [0.25, 0.3) is 0 Å². The van der Waals surface area contributed by atoms with Crippen LogP contribution in [0.5, 0.6) is 0 Å². The zero-order valence-corrected chi connectivity index (χ0v) is 6.11. The molecule has 5 nitrogen and oxygen atoms in total. The molecule has 2 aromatic rings. The number of imidazole rings is 1. The Morgan fingerprint density at radius 1 is 1.58 bits per heavy atom. The van der Waals surface area contributed by atoms with Gasteiger partial charge >= 0.3 is 0 Å². The summed E-state index contributed by atoms with van der Waals surface area (Å²) < 4.78 is 0. The van der Waals surface area contributed by atoms with Gasteiger partial charge in [-0.1, -0.05) is 0 Å². The summed E-state index contributed by atoms with van der Waals surface area (Å²) in [5.41, 5.74) is 1.32. The van der Waals surface area contributed by atoms with E-state index in [1.165, 1.54) is 6.33 Å². The average Bonchev–Trinajstić information content (AvgIpc) is 2.47. The first-order valence-electron chi connectivity index (χ1n) is 3.40. The topological polar surface area (TPSA) is 71.5 Å². The van der Waals surface area contributed by atoms with Crippen LogP contribution in [0.15, 0.2) is 12.5 Å². The lowest BCUT2D eigenvalue weighted by Gasteiger charge is -1.80. The lowest BCUT2D eigenvalue weighted by Crippen LogP contribution is -1.86. The van der Waals surface area contributed by atoms with Crippen LogP contribution in [0, 0.1) is 0 Å². The number of hydrogen-bond donors (Lipinski definition) is 1. The maximum atomic E-state index is 10.0. The molecule has 0 aliphatic carbocycles. The lowest BCUT2D eigenvalue weighted by atomic mass is 10.5. The molecule has 2 rings (SSSR count). The van der Waals surface area contributed by atoms with Crippen LogP contribution in [0.1, 0.15) is 5.82 Å². The molecule has 59 valence electrons. The molecule has 1 radical (unpaired) electrons. The van der Waals surface area contributed by atoms with E-state index in [2.05, 4.69) is 19.9 Å². The molecule has 0 bridgehead atoms. The van der Waals surface area contributed by atoms with Gasteiger partial charge in [-0.15, -0.1) is 0 Å². The number of aromatic amines is 1. The van der Waals surface area contributed by atoms with Gasteiger partial charge in [0.05, 0.1) is 12.6 Å². The summed E-state index contributed by atoms with van der Waals surface area (Å²) in [7, 11) is 0. The van der Waals surface area contributed by atoms with Crippen LogP contribution >= 0.6 is 0 Å². The van der Waals surface area contributed by atoms with E-state index < -0.39 is 0 Å². The summed E-state index contributed by atoms with van der Waals surface area (Å²) >= 11 is 0. The van der Waals surface area contributed by atoms with Gasteiger partial charge in [0.15, 0.2) is 5.65 Å². The van der Waals surface area contributed by atoms with Gasteiger partial charge in [-0.25, -0.2) is 15.0 Å². The van der Waals surface area contributed by atoms with Gasteiger partial charge in [0.1, 0.15) is 17.7 Å². The molecule has 0 aliphatic rings. The first kappa shape index (κ1) is 6.90. The van der Waals surface area contributed by atoms with Crippen LogP contribution in [-0.2, 0) is 11.2 Å². The SMILES string of the molecule is O=[C]Cc1nc2ncncc2[nH]1. The maximum absolute atomic E-state index is 10.0. The van der Waals surface area contributed by atoms with Gasteiger partial charge in [-0.2, -0.15) is 0 Å². The fourth-order valence-electron chi connectivity index (χ4n) is 0.964. The second kappa shape index (κ2) is 2.69. The van der Waals surface area contributed by atoms with Crippen molar-refractivity contribution in [3.63, 3.8) is 0 Å². The van der Waals surface area contributed by atoms with Crippen molar-refractivity contribution >= 4 is 17.5 Å². The zero-order chi connectivity index (χ0) is 8.39. The Balaban J connectivity index is 2.54. The van der Waals surface area contributed by atoms with Gasteiger partial charge in [-0.05, 0) is 0 Å². The van der Waals surface area contributed by atoms with Crippen LogP contribution in [-0.4, -0.2) is 26.2 Å². The molecule has 2 heterocycles. The van der Waals surface area contributed by atoms with Gasteiger partial charge in [-0.3, -0.25) is 4.79 Å². The molecule has 0 unspecified atom stereocenters. The molecule has 1 N–H and O–H groups in total. The molecule has 0 fully saturated rings. The highest BCUT2D eigenvalue weighted by molar-refractivity contribution is 5.69. The molecular formula is C7H5N4O. The van der Waals surface area contributed by atoms with Crippen molar-refractivity contribution in [1.82, 2.24) is 19.9 Å². The van der Waals surface area contributed by atoms with E-state index >= 15 is 0 Å². The molecule has 0 amide bonds. The van der Waals surface area contributed by atoms with Crippen LogP contribution in [0.4, 0.5) is 0 Å². The number of carbonyl (C=O) groups excluding carboxylic acids is 1. The van der Waals surface area contributed by atoms with Crippen molar-refractivity contribution in [3.8, 4) is 0 Å². The third kappa shape index (κ3) is 1.05. The standard InChI is InChI=1S/C7H5N4O/c12-2-1-6-10-5-3-8-4-9-7(5)11-6/h3-4H,1H2,(H,8,9,10,11). The van der Waals surface area contributed by atoms with Crippen molar-refractivity contribution < 1.29 is 4.79 Å². The maximum Gasteiger partial charge on any atom is 0.206 e. The third-order valence-corrected chi connectivity index (χ3v) is 1.45. The minimum Gasteiger partial charge on any atom is -0.339 e. The van der Waals surface area contributed by atoms with Crippen LogP contribution < -0.4 is 0 Å². The number of H-pyrrole nitrogens is 1. The van der Waals surface area contributed by atoms with Crippen molar-refractivity contribution in [2.24, 2.45) is 0 Å². The predicted octanol–water partition coefficient (Wildman–Crippen LogP) is 0.00510. The third-order valence-electron chi connectivity index (χ3n) is 1.45. The van der Waals surface area contributed by atoms with Crippen molar-refractivity contribution in [2.75, 3.05) is 0 Å². The van der Waals surface area contributed by atoms with E-state index in [1.807, 2.05) is 0 Å². The number of fused-ring (bicyclic) bond motifs is 1. The molecule has 0 aliphatic heterocycles. The van der Waals surface area contributed by atoms with E-state index in [-0.39, 0.29) is 6.42 Å². The highest BCUT2D eigenvalue weighted by atomic mass is 16.1. The molecule has 5 heteroatoms. The molecule has 0 saturated heterocycles. The Morgan fingerprint density at radius 3 is 3.25 bits per heavy atom. The summed E-state index contributed by atoms with van der Waals surface area (Å²) in [6.45, 7) is 0. The molecule has 0 aromatic carbocycles. The van der Waals surface area contributed by atoms with E-state index in [9.17, 15) is 4.79 Å². The summed E-state index contributed by atoms with van der Waals surface area (Å²) in [6.07, 6.45) is 4.95. The summed E-state index contributed by atoms with van der Waals surface area (Å²) in [6, 6.07) is 0. The Bertz CT molecular complexity index is 375. The van der Waals surface area contributed by atoms with Crippen LogP contribution in [0.3, 0.4) is 0 Å². The molecule has 0 saturated carbocycles. The fraction of sp³-hybridized carbons (Fsp3) is 0.143. The summed E-state index contributed by atoms with van der Waals surface area (Å²) in [5, 5.41) is 0. The van der Waals surface area contributed by atoms with Crippen LogP contribution in [0.25, 0.3) is 11.2 Å². The highest BCUT2D eigenvalue weighted by Gasteiger charge is 2.01. The molecular weight excluding hydrogens is 156 g/mol. The summed E-state index contributed by atoms with van der Waals surface area (Å²) in [4.78, 5) is 24.7. The monoisotopic (exact) mass is 161 g/mol. The van der Waals surface area contributed by atoms with Gasteiger partial charge in [0.2, 0.25) is 6.29 Å². The number of aromatic nitrogens is 4. The predicted molar refractivity (Wildman–Crippen MR) is 41.1 cm³/mol.